The average molecular weight is 381 g/mol. The third-order valence-corrected chi connectivity index (χ3v) is 5.16. The molecule has 5 heteroatoms. The number of hydrogen-bond donors (Lipinski definition) is 1. The van der Waals surface area contributed by atoms with Crippen molar-refractivity contribution >= 4 is 17.2 Å². The molecule has 1 heterocycles. The molecule has 0 aliphatic rings. The molecule has 0 aliphatic heterocycles. The van der Waals surface area contributed by atoms with Gasteiger partial charge in [-0.2, -0.15) is 0 Å². The second kappa shape index (κ2) is 9.33. The zero-order valence-electron chi connectivity index (χ0n) is 15.7. The van der Waals surface area contributed by atoms with Crippen molar-refractivity contribution in [3.63, 3.8) is 0 Å². The first-order valence-corrected chi connectivity index (χ1v) is 9.96. The Labute approximate surface area is 164 Å². The number of amides is 1. The molecule has 3 aromatic rings. The van der Waals surface area contributed by atoms with E-state index >= 15 is 0 Å². The van der Waals surface area contributed by atoms with Crippen LogP contribution in [0.15, 0.2) is 53.9 Å². The second-order valence-electron chi connectivity index (χ2n) is 6.50. The van der Waals surface area contributed by atoms with Crippen molar-refractivity contribution < 1.29 is 9.53 Å². The quantitative estimate of drug-likeness (QED) is 0.565. The highest BCUT2D eigenvalue weighted by Crippen LogP contribution is 2.26. The molecule has 27 heavy (non-hydrogen) atoms. The topological polar surface area (TPSA) is 51.2 Å². The van der Waals surface area contributed by atoms with Crippen molar-refractivity contribution in [2.24, 2.45) is 0 Å². The van der Waals surface area contributed by atoms with Crippen LogP contribution in [0.3, 0.4) is 0 Å². The fourth-order valence-electron chi connectivity index (χ4n) is 2.66. The predicted molar refractivity (Wildman–Crippen MR) is 110 cm³/mol. The zero-order chi connectivity index (χ0) is 19.1. The number of carbonyl (C=O) groups excluding carboxylic acids is 1. The monoisotopic (exact) mass is 380 g/mol. The smallest absolute Gasteiger partial charge is 0.220 e. The van der Waals surface area contributed by atoms with Gasteiger partial charge in [0.1, 0.15) is 10.8 Å². The third-order valence-electron chi connectivity index (χ3n) is 4.23. The number of nitrogens with zero attached hydrogens (tertiary/aromatic N) is 1. The Morgan fingerprint density at radius 1 is 1.11 bits per heavy atom. The van der Waals surface area contributed by atoms with E-state index in [1.54, 1.807) is 11.3 Å². The Morgan fingerprint density at radius 2 is 1.89 bits per heavy atom. The molecule has 1 N–H and O–H groups in total. The van der Waals surface area contributed by atoms with Crippen molar-refractivity contribution in [1.29, 1.82) is 0 Å². The van der Waals surface area contributed by atoms with Crippen molar-refractivity contribution in [3.8, 4) is 16.3 Å². The van der Waals surface area contributed by atoms with Crippen LogP contribution in [0.1, 0.15) is 29.7 Å². The van der Waals surface area contributed by atoms with E-state index in [1.165, 1.54) is 11.1 Å². The number of rotatable bonds is 8. The number of carbonyl (C=O) groups is 1. The fraction of sp³-hybridized carbons (Fsp3) is 0.273. The van der Waals surface area contributed by atoms with Crippen molar-refractivity contribution in [2.45, 2.75) is 33.2 Å². The molecule has 0 unspecified atom stereocenters. The highest BCUT2D eigenvalue weighted by Gasteiger charge is 2.08. The van der Waals surface area contributed by atoms with Gasteiger partial charge in [0.25, 0.3) is 0 Å². The Balaban J connectivity index is 1.39. The van der Waals surface area contributed by atoms with Gasteiger partial charge in [-0.3, -0.25) is 4.79 Å². The van der Waals surface area contributed by atoms with E-state index < -0.39 is 0 Å². The first kappa shape index (κ1) is 19.1. The van der Waals surface area contributed by atoms with Crippen LogP contribution in [-0.2, 0) is 11.3 Å². The summed E-state index contributed by atoms with van der Waals surface area (Å²) in [5.74, 6) is 0.861. The number of aromatic nitrogens is 1. The largest absolute Gasteiger partial charge is 0.494 e. The molecule has 0 radical (unpaired) electrons. The highest BCUT2D eigenvalue weighted by molar-refractivity contribution is 7.13. The van der Waals surface area contributed by atoms with Gasteiger partial charge in [-0.05, 0) is 38.0 Å². The summed E-state index contributed by atoms with van der Waals surface area (Å²) in [4.78, 5) is 16.6. The zero-order valence-corrected chi connectivity index (χ0v) is 16.5. The Bertz CT molecular complexity index is 887. The van der Waals surface area contributed by atoms with E-state index in [0.717, 1.165) is 22.0 Å². The molecule has 1 amide bonds. The number of aryl methyl sites for hydroxylation is 2. The number of thiazole rings is 1. The van der Waals surface area contributed by atoms with Crippen molar-refractivity contribution in [3.05, 3.63) is 70.7 Å². The van der Waals surface area contributed by atoms with Gasteiger partial charge in [-0.15, -0.1) is 11.3 Å². The molecule has 0 atom stereocenters. The summed E-state index contributed by atoms with van der Waals surface area (Å²) in [6.07, 6.45) is 1.13. The molecule has 0 fully saturated rings. The summed E-state index contributed by atoms with van der Waals surface area (Å²) in [5.41, 5.74) is 4.45. The summed E-state index contributed by atoms with van der Waals surface area (Å²) in [7, 11) is 0. The van der Waals surface area contributed by atoms with Crippen molar-refractivity contribution in [1.82, 2.24) is 10.3 Å². The Hall–Kier alpha value is -2.66. The maximum Gasteiger partial charge on any atom is 0.220 e. The number of hydrogen-bond acceptors (Lipinski definition) is 4. The minimum atomic E-state index is 0.0212. The van der Waals surface area contributed by atoms with Gasteiger partial charge >= 0.3 is 0 Å². The van der Waals surface area contributed by atoms with Gasteiger partial charge in [0.05, 0.1) is 18.8 Å². The van der Waals surface area contributed by atoms with Crippen LogP contribution >= 0.6 is 11.3 Å². The molecule has 0 saturated heterocycles. The fourth-order valence-corrected chi connectivity index (χ4v) is 3.57. The molecule has 0 bridgehead atoms. The summed E-state index contributed by atoms with van der Waals surface area (Å²) in [6.45, 7) is 5.11. The number of nitrogens with one attached hydrogen (secondary N) is 1. The molecule has 4 nitrogen and oxygen atoms in total. The number of benzene rings is 2. The summed E-state index contributed by atoms with van der Waals surface area (Å²) in [5, 5.41) is 5.93. The van der Waals surface area contributed by atoms with E-state index in [2.05, 4.69) is 29.4 Å². The van der Waals surface area contributed by atoms with Gasteiger partial charge in [-0.1, -0.05) is 42.0 Å². The van der Waals surface area contributed by atoms with Gasteiger partial charge in [0.15, 0.2) is 0 Å². The van der Waals surface area contributed by atoms with E-state index in [1.807, 2.05) is 48.7 Å². The van der Waals surface area contributed by atoms with Crippen LogP contribution in [0, 0.1) is 13.8 Å². The van der Waals surface area contributed by atoms with Crippen LogP contribution in [0.4, 0.5) is 0 Å². The van der Waals surface area contributed by atoms with Gasteiger partial charge in [0, 0.05) is 17.4 Å². The van der Waals surface area contributed by atoms with Crippen LogP contribution < -0.4 is 10.1 Å². The summed E-state index contributed by atoms with van der Waals surface area (Å²) < 4.78 is 5.65. The molecule has 2 aromatic carbocycles. The molecule has 1 aromatic heterocycles. The lowest BCUT2D eigenvalue weighted by molar-refractivity contribution is -0.121. The van der Waals surface area contributed by atoms with Crippen molar-refractivity contribution in [2.75, 3.05) is 6.61 Å². The lowest BCUT2D eigenvalue weighted by Gasteiger charge is -2.07. The molecule has 0 spiro atoms. The lowest BCUT2D eigenvalue weighted by atomic mass is 10.1. The first-order valence-electron chi connectivity index (χ1n) is 9.08. The minimum Gasteiger partial charge on any atom is -0.494 e. The van der Waals surface area contributed by atoms with E-state index in [9.17, 15) is 4.79 Å². The molecular weight excluding hydrogens is 356 g/mol. The normalized spacial score (nSPS) is 10.6. The predicted octanol–water partition coefficient (Wildman–Crippen LogP) is 4.90. The van der Waals surface area contributed by atoms with E-state index in [0.29, 0.717) is 26.0 Å². The molecule has 0 aliphatic carbocycles. The standard InChI is InChI=1S/C22H24N2O2S/c1-16-9-11-19(12-10-16)26-13-5-8-21(25)23-14-18-15-27-22(24-18)20-7-4-3-6-17(20)2/h3-4,6-7,9-12,15H,5,8,13-14H2,1-2H3,(H,23,25). The minimum absolute atomic E-state index is 0.0212. The van der Waals surface area contributed by atoms with Crippen LogP contribution in [0.5, 0.6) is 5.75 Å². The third kappa shape index (κ3) is 5.66. The lowest BCUT2D eigenvalue weighted by Crippen LogP contribution is -2.23. The summed E-state index contributed by atoms with van der Waals surface area (Å²) >= 11 is 1.61. The highest BCUT2D eigenvalue weighted by atomic mass is 32.1. The maximum absolute atomic E-state index is 12.0. The van der Waals surface area contributed by atoms with E-state index in [4.69, 9.17) is 4.74 Å². The van der Waals surface area contributed by atoms with Crippen LogP contribution in [0.2, 0.25) is 0 Å². The maximum atomic E-state index is 12.0. The molecule has 3 rings (SSSR count). The van der Waals surface area contributed by atoms with Gasteiger partial charge in [0.2, 0.25) is 5.91 Å². The molecule has 0 saturated carbocycles. The Morgan fingerprint density at radius 3 is 2.67 bits per heavy atom. The van der Waals surface area contributed by atoms with E-state index in [-0.39, 0.29) is 5.91 Å². The summed E-state index contributed by atoms with van der Waals surface area (Å²) in [6, 6.07) is 16.1. The second-order valence-corrected chi connectivity index (χ2v) is 7.36. The van der Waals surface area contributed by atoms with Gasteiger partial charge in [-0.25, -0.2) is 4.98 Å². The molecule has 140 valence electrons. The molecular formula is C22H24N2O2S. The Kier molecular flexibility index (Phi) is 6.60. The van der Waals surface area contributed by atoms with Crippen LogP contribution in [0.25, 0.3) is 10.6 Å². The first-order chi connectivity index (χ1) is 13.1. The van der Waals surface area contributed by atoms with Crippen LogP contribution in [-0.4, -0.2) is 17.5 Å². The number of ether oxygens (including phenoxy) is 1. The van der Waals surface area contributed by atoms with Gasteiger partial charge < -0.3 is 10.1 Å². The SMILES string of the molecule is Cc1ccc(OCCCC(=O)NCc2csc(-c3ccccc3C)n2)cc1. The average Bonchev–Trinajstić information content (AvgIpc) is 3.14.